The van der Waals surface area contributed by atoms with Crippen molar-refractivity contribution in [3.8, 4) is 0 Å². The highest BCUT2D eigenvalue weighted by Gasteiger charge is 2.38. The van der Waals surface area contributed by atoms with Crippen LogP contribution in [0.3, 0.4) is 0 Å². The molecular formula is C12H18N4O3. The maximum atomic E-state index is 12.1. The van der Waals surface area contributed by atoms with E-state index in [-0.39, 0.29) is 12.3 Å². The first-order chi connectivity index (χ1) is 9.01. The Balaban J connectivity index is 2.00. The van der Waals surface area contributed by atoms with E-state index in [1.165, 1.54) is 12.5 Å². The normalized spacial score (nSPS) is 19.0. The van der Waals surface area contributed by atoms with Crippen LogP contribution in [0.5, 0.6) is 0 Å². The van der Waals surface area contributed by atoms with Crippen LogP contribution in [0.4, 0.5) is 0 Å². The minimum atomic E-state index is -1.08. The van der Waals surface area contributed by atoms with Gasteiger partial charge in [-0.25, -0.2) is 9.78 Å². The number of nitrogens with two attached hydrogens (primary N) is 1. The van der Waals surface area contributed by atoms with Crippen LogP contribution < -0.4 is 11.1 Å². The summed E-state index contributed by atoms with van der Waals surface area (Å²) in [5.41, 5.74) is 5.74. The molecule has 0 aromatic carbocycles. The summed E-state index contributed by atoms with van der Waals surface area (Å²) in [6.45, 7) is 0. The molecule has 1 amide bonds. The summed E-state index contributed by atoms with van der Waals surface area (Å²) in [7, 11) is 0. The Morgan fingerprint density at radius 3 is 2.74 bits per heavy atom. The zero-order valence-electron chi connectivity index (χ0n) is 10.6. The van der Waals surface area contributed by atoms with Crippen LogP contribution in [-0.2, 0) is 16.0 Å². The average Bonchev–Trinajstić information content (AvgIpc) is 3.00. The van der Waals surface area contributed by atoms with E-state index in [2.05, 4.69) is 15.3 Å². The zero-order chi connectivity index (χ0) is 13.9. The molecule has 0 saturated heterocycles. The molecule has 7 heteroatoms. The molecule has 0 radical (unpaired) electrons. The van der Waals surface area contributed by atoms with Crippen LogP contribution in [0, 0.1) is 0 Å². The molecule has 1 aromatic rings. The van der Waals surface area contributed by atoms with E-state index in [4.69, 9.17) is 10.8 Å². The summed E-state index contributed by atoms with van der Waals surface area (Å²) in [5.74, 6) is -1.46. The standard InChI is InChI=1S/C12H18N4O3/c13-12(3-1-2-4-12)11(19)16-9(10(17)18)5-8-6-14-7-15-8/h6-7,9H,1-5,13H2,(H,14,15)(H,16,19)(H,17,18). The molecule has 1 aliphatic carbocycles. The number of hydrogen-bond acceptors (Lipinski definition) is 4. The second kappa shape index (κ2) is 5.40. The van der Waals surface area contributed by atoms with Gasteiger partial charge in [0.15, 0.2) is 0 Å². The zero-order valence-corrected chi connectivity index (χ0v) is 10.6. The second-order valence-electron chi connectivity index (χ2n) is 5.01. The lowest BCUT2D eigenvalue weighted by Gasteiger charge is -2.24. The predicted molar refractivity (Wildman–Crippen MR) is 67.2 cm³/mol. The molecular weight excluding hydrogens is 248 g/mol. The number of aromatic amines is 1. The number of carboxylic acid groups (broad SMARTS) is 1. The summed E-state index contributed by atoms with van der Waals surface area (Å²) in [5, 5.41) is 11.7. The Morgan fingerprint density at radius 2 is 2.21 bits per heavy atom. The molecule has 5 N–H and O–H groups in total. The summed E-state index contributed by atoms with van der Waals surface area (Å²) in [6.07, 6.45) is 6.19. The molecule has 1 heterocycles. The lowest BCUT2D eigenvalue weighted by molar-refractivity contribution is -0.142. The maximum Gasteiger partial charge on any atom is 0.326 e. The van der Waals surface area contributed by atoms with Crippen molar-refractivity contribution in [3.63, 3.8) is 0 Å². The molecule has 0 aliphatic heterocycles. The first-order valence-electron chi connectivity index (χ1n) is 6.31. The van der Waals surface area contributed by atoms with Gasteiger partial charge in [0.05, 0.1) is 11.9 Å². The minimum absolute atomic E-state index is 0.164. The highest BCUT2D eigenvalue weighted by Crippen LogP contribution is 2.27. The number of aliphatic carboxylic acids is 1. The quantitative estimate of drug-likeness (QED) is 0.587. The van der Waals surface area contributed by atoms with Gasteiger partial charge in [-0.05, 0) is 12.8 Å². The first kappa shape index (κ1) is 13.5. The van der Waals surface area contributed by atoms with E-state index in [9.17, 15) is 9.59 Å². The Hall–Kier alpha value is -1.89. The van der Waals surface area contributed by atoms with Gasteiger partial charge in [-0.3, -0.25) is 4.79 Å². The summed E-state index contributed by atoms with van der Waals surface area (Å²) < 4.78 is 0. The summed E-state index contributed by atoms with van der Waals surface area (Å²) in [6, 6.07) is -0.992. The van der Waals surface area contributed by atoms with E-state index in [1.807, 2.05) is 0 Å². The maximum absolute atomic E-state index is 12.1. The second-order valence-corrected chi connectivity index (χ2v) is 5.01. The number of carbonyl (C=O) groups is 2. The van der Waals surface area contributed by atoms with Crippen molar-refractivity contribution >= 4 is 11.9 Å². The Bertz CT molecular complexity index is 452. The number of imidazole rings is 1. The van der Waals surface area contributed by atoms with Crippen molar-refractivity contribution in [2.24, 2.45) is 5.73 Å². The van der Waals surface area contributed by atoms with Gasteiger partial charge < -0.3 is 21.1 Å². The molecule has 1 aromatic heterocycles. The van der Waals surface area contributed by atoms with E-state index in [0.717, 1.165) is 12.8 Å². The fraction of sp³-hybridized carbons (Fsp3) is 0.583. The smallest absolute Gasteiger partial charge is 0.326 e. The predicted octanol–water partition coefficient (Wildman–Crippen LogP) is -0.207. The van der Waals surface area contributed by atoms with E-state index in [1.54, 1.807) is 0 Å². The van der Waals surface area contributed by atoms with Crippen molar-refractivity contribution in [3.05, 3.63) is 18.2 Å². The summed E-state index contributed by atoms with van der Waals surface area (Å²) in [4.78, 5) is 29.9. The lowest BCUT2D eigenvalue weighted by atomic mass is 9.97. The number of carbonyl (C=O) groups excluding carboxylic acids is 1. The third-order valence-electron chi connectivity index (χ3n) is 3.53. The topological polar surface area (TPSA) is 121 Å². The van der Waals surface area contributed by atoms with Crippen molar-refractivity contribution in [2.75, 3.05) is 0 Å². The monoisotopic (exact) mass is 266 g/mol. The third-order valence-corrected chi connectivity index (χ3v) is 3.53. The Kier molecular flexibility index (Phi) is 3.84. The summed E-state index contributed by atoms with van der Waals surface area (Å²) >= 11 is 0. The number of H-pyrrole nitrogens is 1. The third kappa shape index (κ3) is 3.11. The van der Waals surface area contributed by atoms with Gasteiger partial charge in [0.2, 0.25) is 5.91 Å². The number of carboxylic acids is 1. The average molecular weight is 266 g/mol. The largest absolute Gasteiger partial charge is 0.480 e. The number of nitrogens with one attached hydrogen (secondary N) is 2. The minimum Gasteiger partial charge on any atom is -0.480 e. The van der Waals surface area contributed by atoms with Gasteiger partial charge in [0.1, 0.15) is 6.04 Å². The Morgan fingerprint density at radius 1 is 1.53 bits per heavy atom. The number of nitrogens with zero attached hydrogens (tertiary/aromatic N) is 1. The van der Waals surface area contributed by atoms with Crippen molar-refractivity contribution in [1.29, 1.82) is 0 Å². The fourth-order valence-electron chi connectivity index (χ4n) is 2.35. The molecule has 1 unspecified atom stereocenters. The molecule has 1 fully saturated rings. The van der Waals surface area contributed by atoms with Crippen molar-refractivity contribution in [1.82, 2.24) is 15.3 Å². The van der Waals surface area contributed by atoms with E-state index >= 15 is 0 Å². The number of hydrogen-bond donors (Lipinski definition) is 4. The van der Waals surface area contributed by atoms with Crippen LogP contribution >= 0.6 is 0 Å². The molecule has 7 nitrogen and oxygen atoms in total. The van der Waals surface area contributed by atoms with Crippen LogP contribution in [0.1, 0.15) is 31.4 Å². The van der Waals surface area contributed by atoms with Crippen molar-refractivity contribution in [2.45, 2.75) is 43.7 Å². The van der Waals surface area contributed by atoms with Gasteiger partial charge in [-0.15, -0.1) is 0 Å². The molecule has 1 aliphatic rings. The highest BCUT2D eigenvalue weighted by atomic mass is 16.4. The fourth-order valence-corrected chi connectivity index (χ4v) is 2.35. The molecule has 0 spiro atoms. The van der Waals surface area contributed by atoms with Gasteiger partial charge in [-0.2, -0.15) is 0 Å². The van der Waals surface area contributed by atoms with Gasteiger partial charge in [-0.1, -0.05) is 12.8 Å². The molecule has 2 rings (SSSR count). The van der Waals surface area contributed by atoms with Gasteiger partial charge in [0.25, 0.3) is 0 Å². The van der Waals surface area contributed by atoms with Crippen LogP contribution in [0.2, 0.25) is 0 Å². The lowest BCUT2D eigenvalue weighted by Crippen LogP contribution is -2.56. The number of amides is 1. The van der Waals surface area contributed by atoms with Gasteiger partial charge >= 0.3 is 5.97 Å². The van der Waals surface area contributed by atoms with Crippen molar-refractivity contribution < 1.29 is 14.7 Å². The van der Waals surface area contributed by atoms with Gasteiger partial charge in [0, 0.05) is 18.3 Å². The molecule has 104 valence electrons. The van der Waals surface area contributed by atoms with Crippen LogP contribution in [-0.4, -0.2) is 38.5 Å². The molecule has 0 bridgehead atoms. The van der Waals surface area contributed by atoms with E-state index < -0.39 is 17.6 Å². The molecule has 1 atom stereocenters. The molecule has 19 heavy (non-hydrogen) atoms. The number of rotatable bonds is 5. The Labute approximate surface area is 110 Å². The van der Waals surface area contributed by atoms with E-state index in [0.29, 0.717) is 18.5 Å². The number of aromatic nitrogens is 2. The molecule has 1 saturated carbocycles. The first-order valence-corrected chi connectivity index (χ1v) is 6.31. The SMILES string of the molecule is NC1(C(=O)NC(Cc2cnc[nH]2)C(=O)O)CCCC1. The van der Waals surface area contributed by atoms with Crippen LogP contribution in [0.25, 0.3) is 0 Å². The van der Waals surface area contributed by atoms with Crippen LogP contribution in [0.15, 0.2) is 12.5 Å². The highest BCUT2D eigenvalue weighted by molar-refractivity contribution is 5.90.